The summed E-state index contributed by atoms with van der Waals surface area (Å²) in [7, 11) is 0. The third-order valence-corrected chi connectivity index (χ3v) is 2.10. The van der Waals surface area contributed by atoms with E-state index in [0.29, 0.717) is 5.92 Å². The summed E-state index contributed by atoms with van der Waals surface area (Å²) >= 11 is 0. The van der Waals surface area contributed by atoms with Crippen LogP contribution in [0.25, 0.3) is 0 Å². The number of hydrogen-bond acceptors (Lipinski definition) is 0. The second-order valence-corrected chi connectivity index (χ2v) is 3.43. The van der Waals surface area contributed by atoms with Gasteiger partial charge in [-0.2, -0.15) is 0 Å². The van der Waals surface area contributed by atoms with Gasteiger partial charge in [0.1, 0.15) is 0 Å². The van der Waals surface area contributed by atoms with Crippen molar-refractivity contribution >= 4 is 0 Å². The second-order valence-electron chi connectivity index (χ2n) is 3.43. The lowest BCUT2D eigenvalue weighted by atomic mass is 10.0. The zero-order chi connectivity index (χ0) is 8.85. The molecule has 0 nitrogen and oxygen atoms in total. The molecule has 0 aromatic carbocycles. The van der Waals surface area contributed by atoms with Crippen molar-refractivity contribution in [3.8, 4) is 0 Å². The van der Waals surface area contributed by atoms with Crippen LogP contribution in [0.3, 0.4) is 0 Å². The number of rotatable bonds is 3. The van der Waals surface area contributed by atoms with E-state index in [4.69, 9.17) is 0 Å². The summed E-state index contributed by atoms with van der Waals surface area (Å²) in [5.74, 6) is 0.677. The summed E-state index contributed by atoms with van der Waals surface area (Å²) in [6.07, 6.45) is 5.60. The summed E-state index contributed by atoms with van der Waals surface area (Å²) in [6.45, 7) is 11.0. The highest BCUT2D eigenvalue weighted by Gasteiger charge is 1.92. The van der Waals surface area contributed by atoms with Gasteiger partial charge in [0.25, 0.3) is 0 Å². The van der Waals surface area contributed by atoms with E-state index in [2.05, 4.69) is 46.8 Å². The van der Waals surface area contributed by atoms with E-state index in [9.17, 15) is 0 Å². The van der Waals surface area contributed by atoms with Gasteiger partial charge < -0.3 is 0 Å². The third-order valence-electron chi connectivity index (χ3n) is 2.10. The molecular weight excluding hydrogens is 132 g/mol. The van der Waals surface area contributed by atoms with Gasteiger partial charge in [-0.15, -0.1) is 0 Å². The molecule has 0 aliphatic carbocycles. The van der Waals surface area contributed by atoms with E-state index >= 15 is 0 Å². The average Bonchev–Trinajstić information content (AvgIpc) is 1.99. The smallest absolute Gasteiger partial charge is 0.0260 e. The lowest BCUT2D eigenvalue weighted by Crippen LogP contribution is -1.87. The van der Waals surface area contributed by atoms with Crippen LogP contribution in [-0.2, 0) is 0 Å². The molecule has 0 saturated carbocycles. The van der Waals surface area contributed by atoms with E-state index in [1.54, 1.807) is 0 Å². The average molecular weight is 152 g/mol. The molecule has 0 spiro atoms. The van der Waals surface area contributed by atoms with E-state index in [1.807, 2.05) is 0 Å². The molecule has 0 heterocycles. The van der Waals surface area contributed by atoms with Crippen LogP contribution in [0.5, 0.6) is 0 Å². The molecule has 0 saturated heterocycles. The summed E-state index contributed by atoms with van der Waals surface area (Å²) < 4.78 is 0. The summed E-state index contributed by atoms with van der Waals surface area (Å²) in [4.78, 5) is 0. The van der Waals surface area contributed by atoms with Gasteiger partial charge in [0.2, 0.25) is 0 Å². The van der Waals surface area contributed by atoms with Gasteiger partial charge >= 0.3 is 0 Å². The quantitative estimate of drug-likeness (QED) is 0.537. The first-order valence-corrected chi connectivity index (χ1v) is 4.41. The third kappa shape index (κ3) is 4.83. The Bertz CT molecular complexity index is 159. The molecule has 11 heavy (non-hydrogen) atoms. The Morgan fingerprint density at radius 2 is 1.73 bits per heavy atom. The fraction of sp³-hybridized carbons (Fsp3) is 0.636. The molecule has 0 aliphatic heterocycles. The normalized spacial score (nSPS) is 14.4. The van der Waals surface area contributed by atoms with E-state index in [-0.39, 0.29) is 0 Å². The highest BCUT2D eigenvalue weighted by molar-refractivity contribution is 5.16. The van der Waals surface area contributed by atoms with Crippen molar-refractivity contribution in [2.75, 3.05) is 0 Å². The van der Waals surface area contributed by atoms with Crippen LogP contribution in [0.1, 0.15) is 41.0 Å². The fourth-order valence-corrected chi connectivity index (χ4v) is 0.584. The molecule has 0 fully saturated rings. The van der Waals surface area contributed by atoms with Crippen LogP contribution in [0.4, 0.5) is 0 Å². The predicted octanol–water partition coefficient (Wildman–Crippen LogP) is 3.95. The van der Waals surface area contributed by atoms with Crippen molar-refractivity contribution in [3.05, 3.63) is 23.3 Å². The number of allylic oxidation sites excluding steroid dienone is 4. The first-order valence-electron chi connectivity index (χ1n) is 4.41. The van der Waals surface area contributed by atoms with Crippen molar-refractivity contribution in [1.29, 1.82) is 0 Å². The summed E-state index contributed by atoms with van der Waals surface area (Å²) in [6, 6.07) is 0. The summed E-state index contributed by atoms with van der Waals surface area (Å²) in [5.41, 5.74) is 2.91. The Morgan fingerprint density at radius 3 is 2.09 bits per heavy atom. The van der Waals surface area contributed by atoms with Crippen molar-refractivity contribution in [3.63, 3.8) is 0 Å². The molecule has 64 valence electrons. The first kappa shape index (κ1) is 10.5. The maximum absolute atomic E-state index is 2.23. The Hall–Kier alpha value is -0.520. The minimum absolute atomic E-state index is 0.677. The van der Waals surface area contributed by atoms with Gasteiger partial charge in [-0.1, -0.05) is 44.1 Å². The zero-order valence-electron chi connectivity index (χ0n) is 8.44. The molecule has 0 amide bonds. The first-order chi connectivity index (χ1) is 5.07. The number of hydrogen-bond donors (Lipinski definition) is 0. The van der Waals surface area contributed by atoms with Crippen molar-refractivity contribution in [1.82, 2.24) is 0 Å². The van der Waals surface area contributed by atoms with Gasteiger partial charge in [0.05, 0.1) is 0 Å². The molecule has 0 radical (unpaired) electrons. The Balaban J connectivity index is 4.11. The van der Waals surface area contributed by atoms with Crippen LogP contribution in [-0.4, -0.2) is 0 Å². The molecule has 0 aliphatic rings. The molecule has 0 aromatic rings. The van der Waals surface area contributed by atoms with Crippen molar-refractivity contribution < 1.29 is 0 Å². The van der Waals surface area contributed by atoms with Gasteiger partial charge in [0.15, 0.2) is 0 Å². The second kappa shape index (κ2) is 5.17. The SMILES string of the molecule is CCC(C)=CC=C(C)C(C)C. The minimum Gasteiger partial charge on any atom is -0.0736 e. The van der Waals surface area contributed by atoms with Gasteiger partial charge in [-0.25, -0.2) is 0 Å². The van der Waals surface area contributed by atoms with Gasteiger partial charge in [-0.3, -0.25) is 0 Å². The van der Waals surface area contributed by atoms with Gasteiger partial charge in [-0.05, 0) is 26.2 Å². The van der Waals surface area contributed by atoms with Crippen LogP contribution in [0.15, 0.2) is 23.3 Å². The molecule has 0 unspecified atom stereocenters. The Morgan fingerprint density at radius 1 is 1.18 bits per heavy atom. The van der Waals surface area contributed by atoms with E-state index in [0.717, 1.165) is 6.42 Å². The lowest BCUT2D eigenvalue weighted by Gasteiger charge is -2.02. The van der Waals surface area contributed by atoms with Crippen LogP contribution >= 0.6 is 0 Å². The molecule has 0 heteroatoms. The van der Waals surface area contributed by atoms with Crippen LogP contribution in [0.2, 0.25) is 0 Å². The Kier molecular flexibility index (Phi) is 4.93. The molecule has 0 N–H and O–H groups in total. The Labute approximate surface area is 71.0 Å². The lowest BCUT2D eigenvalue weighted by molar-refractivity contribution is 0.769. The molecule has 0 aromatic heterocycles. The molecular formula is C11H20. The van der Waals surface area contributed by atoms with E-state index in [1.165, 1.54) is 11.1 Å². The van der Waals surface area contributed by atoms with E-state index < -0.39 is 0 Å². The van der Waals surface area contributed by atoms with Crippen molar-refractivity contribution in [2.45, 2.75) is 41.0 Å². The highest BCUT2D eigenvalue weighted by Crippen LogP contribution is 2.09. The van der Waals surface area contributed by atoms with Crippen LogP contribution in [0, 0.1) is 5.92 Å². The minimum atomic E-state index is 0.677. The monoisotopic (exact) mass is 152 g/mol. The molecule has 0 bridgehead atoms. The van der Waals surface area contributed by atoms with Crippen molar-refractivity contribution in [2.24, 2.45) is 5.92 Å². The highest BCUT2D eigenvalue weighted by atomic mass is 14.0. The maximum Gasteiger partial charge on any atom is -0.0260 e. The maximum atomic E-state index is 2.23. The molecule has 0 rings (SSSR count). The summed E-state index contributed by atoms with van der Waals surface area (Å²) in [5, 5.41) is 0. The molecule has 0 atom stereocenters. The standard InChI is InChI=1S/C11H20/c1-6-10(4)7-8-11(5)9(2)3/h7-9H,6H2,1-5H3. The largest absolute Gasteiger partial charge is 0.0736 e. The fourth-order valence-electron chi connectivity index (χ4n) is 0.584. The van der Waals surface area contributed by atoms with Crippen LogP contribution < -0.4 is 0 Å². The predicted molar refractivity (Wildman–Crippen MR) is 52.6 cm³/mol. The van der Waals surface area contributed by atoms with Gasteiger partial charge in [0, 0.05) is 0 Å². The topological polar surface area (TPSA) is 0 Å². The zero-order valence-corrected chi connectivity index (χ0v) is 8.44.